The lowest BCUT2D eigenvalue weighted by Gasteiger charge is -1.92. The molecule has 5 heteroatoms. The van der Waals surface area contributed by atoms with Gasteiger partial charge in [0.05, 0.1) is 0 Å². The largest absolute Gasteiger partial charge is 0.331 e. The molecule has 0 fully saturated rings. The molecule has 1 aromatic heterocycles. The van der Waals surface area contributed by atoms with Crippen LogP contribution in [-0.4, -0.2) is 16.7 Å². The Bertz CT molecular complexity index is 292. The standard InChI is InChI=1S/C7H8N2O2S/c1-5(9-11-6(2)10)7-8-3-4-12-7/h3-4H,1-2H3/b9-5+. The van der Waals surface area contributed by atoms with Crippen molar-refractivity contribution in [1.82, 2.24) is 4.98 Å². The predicted octanol–water partition coefficient (Wildman–Crippen LogP) is 1.43. The fourth-order valence-corrected chi connectivity index (χ4v) is 1.15. The van der Waals surface area contributed by atoms with Crippen LogP contribution in [0.25, 0.3) is 0 Å². The maximum absolute atomic E-state index is 10.4. The van der Waals surface area contributed by atoms with Gasteiger partial charge in [-0.1, -0.05) is 5.16 Å². The topological polar surface area (TPSA) is 51.5 Å². The summed E-state index contributed by atoms with van der Waals surface area (Å²) >= 11 is 1.45. The molecule has 0 radical (unpaired) electrons. The number of carbonyl (C=O) groups is 1. The first-order chi connectivity index (χ1) is 5.70. The maximum atomic E-state index is 10.4. The fraction of sp³-hybridized carbons (Fsp3) is 0.286. The number of carbonyl (C=O) groups excluding carboxylic acids is 1. The van der Waals surface area contributed by atoms with Crippen LogP contribution in [0.5, 0.6) is 0 Å². The van der Waals surface area contributed by atoms with E-state index in [1.54, 1.807) is 13.1 Å². The molecule has 0 aromatic carbocycles. The predicted molar refractivity (Wildman–Crippen MR) is 46.1 cm³/mol. The van der Waals surface area contributed by atoms with Crippen LogP contribution in [0.3, 0.4) is 0 Å². The first kappa shape index (κ1) is 8.86. The van der Waals surface area contributed by atoms with Crippen molar-refractivity contribution in [1.29, 1.82) is 0 Å². The van der Waals surface area contributed by atoms with Gasteiger partial charge >= 0.3 is 5.97 Å². The number of hydrogen-bond acceptors (Lipinski definition) is 5. The maximum Gasteiger partial charge on any atom is 0.331 e. The number of nitrogens with zero attached hydrogens (tertiary/aromatic N) is 2. The van der Waals surface area contributed by atoms with E-state index in [-0.39, 0.29) is 0 Å². The van der Waals surface area contributed by atoms with Gasteiger partial charge in [-0.3, -0.25) is 0 Å². The van der Waals surface area contributed by atoms with Crippen LogP contribution >= 0.6 is 11.3 Å². The minimum Gasteiger partial charge on any atom is -0.318 e. The summed E-state index contributed by atoms with van der Waals surface area (Å²) in [5.41, 5.74) is 0.611. The van der Waals surface area contributed by atoms with Gasteiger partial charge in [0.15, 0.2) is 0 Å². The van der Waals surface area contributed by atoms with E-state index in [4.69, 9.17) is 0 Å². The van der Waals surface area contributed by atoms with E-state index in [0.717, 1.165) is 5.01 Å². The van der Waals surface area contributed by atoms with Crippen molar-refractivity contribution in [2.75, 3.05) is 0 Å². The van der Waals surface area contributed by atoms with Gasteiger partial charge < -0.3 is 4.84 Å². The molecule has 0 bridgehead atoms. The van der Waals surface area contributed by atoms with Crippen molar-refractivity contribution in [3.63, 3.8) is 0 Å². The normalized spacial score (nSPS) is 11.3. The molecule has 12 heavy (non-hydrogen) atoms. The van der Waals surface area contributed by atoms with E-state index in [9.17, 15) is 4.79 Å². The molecule has 0 aliphatic heterocycles. The molecule has 64 valence electrons. The van der Waals surface area contributed by atoms with Gasteiger partial charge in [-0.2, -0.15) is 0 Å². The second-order valence-electron chi connectivity index (χ2n) is 2.10. The third kappa shape index (κ3) is 2.43. The lowest BCUT2D eigenvalue weighted by atomic mass is 10.5. The summed E-state index contributed by atoms with van der Waals surface area (Å²) in [6, 6.07) is 0. The van der Waals surface area contributed by atoms with Crippen LogP contribution in [-0.2, 0) is 9.63 Å². The molecule has 1 heterocycles. The van der Waals surface area contributed by atoms with Crippen LogP contribution in [0.1, 0.15) is 18.9 Å². The van der Waals surface area contributed by atoms with E-state index in [0.29, 0.717) is 5.71 Å². The summed E-state index contributed by atoms with van der Waals surface area (Å²) in [7, 11) is 0. The highest BCUT2D eigenvalue weighted by Crippen LogP contribution is 2.05. The number of hydrogen-bond donors (Lipinski definition) is 0. The van der Waals surface area contributed by atoms with Gasteiger partial charge in [0.25, 0.3) is 0 Å². The lowest BCUT2D eigenvalue weighted by Crippen LogP contribution is -1.98. The Kier molecular flexibility index (Phi) is 2.93. The van der Waals surface area contributed by atoms with Crippen molar-refractivity contribution in [2.24, 2.45) is 5.16 Å². The molecule has 0 amide bonds. The van der Waals surface area contributed by atoms with E-state index in [1.807, 2.05) is 5.38 Å². The Morgan fingerprint density at radius 3 is 2.92 bits per heavy atom. The first-order valence-electron chi connectivity index (χ1n) is 3.32. The summed E-state index contributed by atoms with van der Waals surface area (Å²) in [6.07, 6.45) is 1.67. The molecule has 0 spiro atoms. The average molecular weight is 184 g/mol. The van der Waals surface area contributed by atoms with Gasteiger partial charge in [0.2, 0.25) is 0 Å². The van der Waals surface area contributed by atoms with Gasteiger partial charge in [-0.05, 0) is 6.92 Å². The molecule has 0 unspecified atom stereocenters. The SMILES string of the molecule is CC(=O)O/N=C(\C)c1nccs1. The van der Waals surface area contributed by atoms with Crippen LogP contribution in [0, 0.1) is 0 Å². The molecule has 0 saturated carbocycles. The summed E-state index contributed by atoms with van der Waals surface area (Å²) in [4.78, 5) is 18.8. The molecule has 1 aromatic rings. The highest BCUT2D eigenvalue weighted by atomic mass is 32.1. The zero-order valence-electron chi connectivity index (χ0n) is 6.77. The average Bonchev–Trinajstić information content (AvgIpc) is 2.51. The van der Waals surface area contributed by atoms with Gasteiger partial charge in [0.1, 0.15) is 10.7 Å². The summed E-state index contributed by atoms with van der Waals surface area (Å²) in [6.45, 7) is 3.04. The highest BCUT2D eigenvalue weighted by molar-refractivity contribution is 7.11. The molecule has 0 aliphatic carbocycles. The second kappa shape index (κ2) is 3.96. The summed E-state index contributed by atoms with van der Waals surface area (Å²) in [5, 5.41) is 6.18. The van der Waals surface area contributed by atoms with E-state index in [1.165, 1.54) is 18.3 Å². The third-order valence-electron chi connectivity index (χ3n) is 1.05. The minimum absolute atomic E-state index is 0.425. The Labute approximate surface area is 73.9 Å². The number of thiazole rings is 1. The van der Waals surface area contributed by atoms with E-state index >= 15 is 0 Å². The molecule has 0 atom stereocenters. The number of rotatable bonds is 2. The van der Waals surface area contributed by atoms with Crippen LogP contribution in [0.2, 0.25) is 0 Å². The zero-order chi connectivity index (χ0) is 8.97. The molecule has 0 aliphatic rings. The second-order valence-corrected chi connectivity index (χ2v) is 2.99. The van der Waals surface area contributed by atoms with Gasteiger partial charge in [-0.15, -0.1) is 11.3 Å². The van der Waals surface area contributed by atoms with Crippen molar-refractivity contribution in [2.45, 2.75) is 13.8 Å². The molecular formula is C7H8N2O2S. The lowest BCUT2D eigenvalue weighted by molar-refractivity contribution is -0.140. The van der Waals surface area contributed by atoms with Crippen molar-refractivity contribution in [3.8, 4) is 0 Å². The molecule has 0 saturated heterocycles. The quantitative estimate of drug-likeness (QED) is 0.397. The number of aromatic nitrogens is 1. The van der Waals surface area contributed by atoms with Gasteiger partial charge in [0, 0.05) is 18.5 Å². The van der Waals surface area contributed by atoms with Crippen molar-refractivity contribution < 1.29 is 9.63 Å². The Hall–Kier alpha value is -1.23. The molecular weight excluding hydrogens is 176 g/mol. The molecule has 0 N–H and O–H groups in total. The van der Waals surface area contributed by atoms with Crippen LogP contribution < -0.4 is 0 Å². The Morgan fingerprint density at radius 2 is 2.42 bits per heavy atom. The summed E-state index contributed by atoms with van der Waals surface area (Å²) in [5.74, 6) is -0.425. The van der Waals surface area contributed by atoms with E-state index < -0.39 is 5.97 Å². The van der Waals surface area contributed by atoms with Crippen LogP contribution in [0.15, 0.2) is 16.7 Å². The third-order valence-corrected chi connectivity index (χ3v) is 1.93. The van der Waals surface area contributed by atoms with Crippen molar-refractivity contribution >= 4 is 23.0 Å². The Balaban J connectivity index is 2.65. The molecule has 4 nitrogen and oxygen atoms in total. The fourth-order valence-electron chi connectivity index (χ4n) is 0.574. The zero-order valence-corrected chi connectivity index (χ0v) is 7.59. The van der Waals surface area contributed by atoms with Crippen molar-refractivity contribution in [3.05, 3.63) is 16.6 Å². The summed E-state index contributed by atoms with van der Waals surface area (Å²) < 4.78 is 0. The smallest absolute Gasteiger partial charge is 0.318 e. The number of oxime groups is 1. The van der Waals surface area contributed by atoms with E-state index in [2.05, 4.69) is 15.0 Å². The first-order valence-corrected chi connectivity index (χ1v) is 4.20. The van der Waals surface area contributed by atoms with Crippen LogP contribution in [0.4, 0.5) is 0 Å². The Morgan fingerprint density at radius 1 is 1.67 bits per heavy atom. The molecule has 1 rings (SSSR count). The highest BCUT2D eigenvalue weighted by Gasteiger charge is 2.00. The van der Waals surface area contributed by atoms with Gasteiger partial charge in [-0.25, -0.2) is 9.78 Å². The minimum atomic E-state index is -0.425. The monoisotopic (exact) mass is 184 g/mol.